The molecule has 2 aromatic rings. The molecule has 0 aliphatic rings. The van der Waals surface area contributed by atoms with Gasteiger partial charge in [0.05, 0.1) is 0 Å². The van der Waals surface area contributed by atoms with Crippen molar-refractivity contribution in [3.63, 3.8) is 0 Å². The van der Waals surface area contributed by atoms with Crippen LogP contribution in [0.3, 0.4) is 0 Å². The van der Waals surface area contributed by atoms with E-state index in [1.54, 1.807) is 12.1 Å². The highest BCUT2D eigenvalue weighted by Crippen LogP contribution is 2.31. The van der Waals surface area contributed by atoms with Gasteiger partial charge in [0.2, 0.25) is 0 Å². The van der Waals surface area contributed by atoms with Gasteiger partial charge in [-0.05, 0) is 49.2 Å². The number of nitrogens with two attached hydrogens (primary N) is 1. The molecule has 0 bridgehead atoms. The Bertz CT molecular complexity index is 663. The lowest BCUT2D eigenvalue weighted by Gasteiger charge is -2.12. The van der Waals surface area contributed by atoms with Crippen molar-refractivity contribution in [1.29, 1.82) is 0 Å². The number of carbonyl (C=O) groups is 1. The number of aryl methyl sites for hydroxylation is 2. The largest absolute Gasteiger partial charge is 0.456 e. The van der Waals surface area contributed by atoms with Crippen LogP contribution in [0.15, 0.2) is 34.8 Å². The first-order valence-corrected chi connectivity index (χ1v) is 6.72. The highest BCUT2D eigenvalue weighted by atomic mass is 79.9. The third-order valence-corrected chi connectivity index (χ3v) is 4.11. The Morgan fingerprint density at radius 2 is 1.85 bits per heavy atom. The molecule has 0 aliphatic carbocycles. The fourth-order valence-corrected chi connectivity index (χ4v) is 2.15. The molecule has 5 heteroatoms. The second-order valence-corrected chi connectivity index (χ2v) is 5.24. The molecule has 0 unspecified atom stereocenters. The number of ether oxygens (including phenoxy) is 1. The van der Waals surface area contributed by atoms with Gasteiger partial charge in [-0.1, -0.05) is 22.0 Å². The lowest BCUT2D eigenvalue weighted by Crippen LogP contribution is -2.14. The molecule has 20 heavy (non-hydrogen) atoms. The highest BCUT2D eigenvalue weighted by Gasteiger charge is 2.16. The van der Waals surface area contributed by atoms with Crippen LogP contribution in [0.25, 0.3) is 0 Å². The number of primary amides is 1. The first-order valence-electron chi connectivity index (χ1n) is 5.93. The minimum atomic E-state index is -0.858. The summed E-state index contributed by atoms with van der Waals surface area (Å²) in [5, 5.41) is 0. The van der Waals surface area contributed by atoms with Crippen LogP contribution in [0.5, 0.6) is 11.5 Å². The molecule has 0 atom stereocenters. The monoisotopic (exact) mass is 337 g/mol. The van der Waals surface area contributed by atoms with Crippen LogP contribution in [-0.4, -0.2) is 5.91 Å². The molecule has 0 saturated heterocycles. The Morgan fingerprint density at radius 3 is 2.40 bits per heavy atom. The molecular weight excluding hydrogens is 325 g/mol. The topological polar surface area (TPSA) is 52.3 Å². The van der Waals surface area contributed by atoms with Crippen LogP contribution < -0.4 is 10.5 Å². The van der Waals surface area contributed by atoms with Crippen molar-refractivity contribution in [2.24, 2.45) is 5.73 Å². The Balaban J connectivity index is 2.45. The Labute approximate surface area is 124 Å². The smallest absolute Gasteiger partial charge is 0.255 e. The number of carbonyl (C=O) groups excluding carboxylic acids is 1. The second-order valence-electron chi connectivity index (χ2n) is 4.45. The summed E-state index contributed by atoms with van der Waals surface area (Å²) < 4.78 is 20.2. The van der Waals surface area contributed by atoms with Crippen molar-refractivity contribution in [1.82, 2.24) is 0 Å². The fraction of sp³-hybridized carbons (Fsp3) is 0.133. The van der Waals surface area contributed by atoms with Crippen molar-refractivity contribution >= 4 is 21.8 Å². The lowest BCUT2D eigenvalue weighted by atomic mass is 10.1. The van der Waals surface area contributed by atoms with Crippen LogP contribution in [0.4, 0.5) is 4.39 Å². The quantitative estimate of drug-likeness (QED) is 0.916. The standard InChI is InChI=1S/C15H13BrFNO2/c1-8-6-10(7-9(2)14(8)16)20-12-5-3-4-11(17)13(12)15(18)19/h3-7H,1-2H3,(H2,18,19). The number of amides is 1. The first kappa shape index (κ1) is 14.5. The Hall–Kier alpha value is -1.88. The van der Waals surface area contributed by atoms with Crippen LogP contribution in [0.2, 0.25) is 0 Å². The summed E-state index contributed by atoms with van der Waals surface area (Å²) in [4.78, 5) is 11.3. The van der Waals surface area contributed by atoms with E-state index >= 15 is 0 Å². The van der Waals surface area contributed by atoms with Crippen LogP contribution in [-0.2, 0) is 0 Å². The average Bonchev–Trinajstić information content (AvgIpc) is 2.35. The predicted molar refractivity (Wildman–Crippen MR) is 78.6 cm³/mol. The molecule has 3 nitrogen and oxygen atoms in total. The predicted octanol–water partition coefficient (Wildman–Crippen LogP) is 4.10. The van der Waals surface area contributed by atoms with Crippen LogP contribution >= 0.6 is 15.9 Å². The van der Waals surface area contributed by atoms with Gasteiger partial charge in [0, 0.05) is 4.47 Å². The summed E-state index contributed by atoms with van der Waals surface area (Å²) in [6, 6.07) is 7.75. The second kappa shape index (κ2) is 5.63. The van der Waals surface area contributed by atoms with E-state index in [0.29, 0.717) is 5.75 Å². The Morgan fingerprint density at radius 1 is 1.25 bits per heavy atom. The van der Waals surface area contributed by atoms with E-state index in [9.17, 15) is 9.18 Å². The Kier molecular flexibility index (Phi) is 4.09. The summed E-state index contributed by atoms with van der Waals surface area (Å²) in [7, 11) is 0. The van der Waals surface area contributed by atoms with Gasteiger partial charge in [0.15, 0.2) is 0 Å². The molecule has 0 aliphatic heterocycles. The maximum atomic E-state index is 13.6. The number of hydrogen-bond acceptors (Lipinski definition) is 2. The molecule has 0 radical (unpaired) electrons. The number of halogens is 2. The summed E-state index contributed by atoms with van der Waals surface area (Å²) in [6.45, 7) is 3.84. The third-order valence-electron chi connectivity index (χ3n) is 2.86. The summed E-state index contributed by atoms with van der Waals surface area (Å²) in [5.41, 5.74) is 6.91. The summed E-state index contributed by atoms with van der Waals surface area (Å²) in [6.07, 6.45) is 0. The van der Waals surface area contributed by atoms with E-state index in [4.69, 9.17) is 10.5 Å². The van der Waals surface area contributed by atoms with E-state index in [1.807, 2.05) is 13.8 Å². The molecular formula is C15H13BrFNO2. The van der Waals surface area contributed by atoms with E-state index < -0.39 is 11.7 Å². The normalized spacial score (nSPS) is 10.4. The molecule has 0 heterocycles. The van der Waals surface area contributed by atoms with Gasteiger partial charge in [0.25, 0.3) is 5.91 Å². The number of rotatable bonds is 3. The van der Waals surface area contributed by atoms with E-state index in [0.717, 1.165) is 15.6 Å². The van der Waals surface area contributed by atoms with Crippen molar-refractivity contribution in [2.75, 3.05) is 0 Å². The zero-order valence-electron chi connectivity index (χ0n) is 11.0. The van der Waals surface area contributed by atoms with Crippen molar-refractivity contribution < 1.29 is 13.9 Å². The SMILES string of the molecule is Cc1cc(Oc2cccc(F)c2C(N)=O)cc(C)c1Br. The molecule has 0 aromatic heterocycles. The average molecular weight is 338 g/mol. The molecule has 104 valence electrons. The van der Waals surface area contributed by atoms with Gasteiger partial charge >= 0.3 is 0 Å². The highest BCUT2D eigenvalue weighted by molar-refractivity contribution is 9.10. The number of hydrogen-bond donors (Lipinski definition) is 1. The first-order chi connectivity index (χ1) is 9.40. The zero-order chi connectivity index (χ0) is 14.9. The zero-order valence-corrected chi connectivity index (χ0v) is 12.6. The van der Waals surface area contributed by atoms with Gasteiger partial charge < -0.3 is 10.5 Å². The summed E-state index contributed by atoms with van der Waals surface area (Å²) >= 11 is 3.46. The van der Waals surface area contributed by atoms with Crippen molar-refractivity contribution in [3.05, 3.63) is 57.3 Å². The maximum Gasteiger partial charge on any atom is 0.255 e. The van der Waals surface area contributed by atoms with E-state index in [-0.39, 0.29) is 11.3 Å². The number of benzene rings is 2. The fourth-order valence-electron chi connectivity index (χ4n) is 1.92. The van der Waals surface area contributed by atoms with Gasteiger partial charge in [-0.25, -0.2) is 4.39 Å². The van der Waals surface area contributed by atoms with Crippen LogP contribution in [0.1, 0.15) is 21.5 Å². The van der Waals surface area contributed by atoms with Crippen molar-refractivity contribution in [3.8, 4) is 11.5 Å². The lowest BCUT2D eigenvalue weighted by molar-refractivity contribution is 0.0994. The molecule has 1 amide bonds. The minimum absolute atomic E-state index is 0.110. The molecule has 0 fully saturated rings. The van der Waals surface area contributed by atoms with Gasteiger partial charge in [-0.2, -0.15) is 0 Å². The van der Waals surface area contributed by atoms with E-state index in [1.165, 1.54) is 18.2 Å². The molecule has 2 rings (SSSR count). The third kappa shape index (κ3) is 2.82. The van der Waals surface area contributed by atoms with Gasteiger partial charge in [-0.3, -0.25) is 4.79 Å². The molecule has 0 saturated carbocycles. The maximum absolute atomic E-state index is 13.6. The minimum Gasteiger partial charge on any atom is -0.456 e. The van der Waals surface area contributed by atoms with Gasteiger partial charge in [-0.15, -0.1) is 0 Å². The molecule has 0 spiro atoms. The van der Waals surface area contributed by atoms with Gasteiger partial charge in [0.1, 0.15) is 22.9 Å². The van der Waals surface area contributed by atoms with E-state index in [2.05, 4.69) is 15.9 Å². The summed E-state index contributed by atoms with van der Waals surface area (Å²) in [5.74, 6) is -0.917. The molecule has 2 aromatic carbocycles. The molecule has 2 N–H and O–H groups in total. The van der Waals surface area contributed by atoms with Crippen molar-refractivity contribution in [2.45, 2.75) is 13.8 Å². The van der Waals surface area contributed by atoms with Crippen LogP contribution in [0, 0.1) is 19.7 Å².